The molecule has 8 N–H and O–H groups in total. The third-order valence-electron chi connectivity index (χ3n) is 20.7. The number of esters is 2. The van der Waals surface area contributed by atoms with Crippen LogP contribution in [0.15, 0.2) is 23.3 Å². The molecule has 24 nitrogen and oxygen atoms in total. The zero-order valence-electron chi connectivity index (χ0n) is 48.9. The number of hydrogen-bond acceptors (Lipinski definition) is 24. The van der Waals surface area contributed by atoms with Gasteiger partial charge in [0.15, 0.2) is 18.9 Å². The van der Waals surface area contributed by atoms with Gasteiger partial charge in [-0.05, 0) is 107 Å². The Morgan fingerprint density at radius 2 is 1.46 bits per heavy atom. The van der Waals surface area contributed by atoms with Crippen LogP contribution in [0.2, 0.25) is 0 Å². The topological polar surface area (TPSA) is 355 Å². The average molecular weight is 1200 g/mol. The fourth-order valence-electron chi connectivity index (χ4n) is 16.8. The van der Waals surface area contributed by atoms with E-state index in [2.05, 4.69) is 39.8 Å². The van der Waals surface area contributed by atoms with Crippen molar-refractivity contribution in [2.45, 2.75) is 242 Å². The smallest absolute Gasteiger partial charge is 0.726 e. The quantitative estimate of drug-likeness (QED) is 0.0271. The first kappa shape index (κ1) is 66.6. The van der Waals surface area contributed by atoms with Gasteiger partial charge in [-0.15, -0.1) is 0 Å². The van der Waals surface area contributed by atoms with Gasteiger partial charge in [0.1, 0.15) is 85.0 Å². The summed E-state index contributed by atoms with van der Waals surface area (Å²) in [5.41, 5.74) is -0.957. The molecule has 4 saturated heterocycles. The van der Waals surface area contributed by atoms with Crippen molar-refractivity contribution < 1.29 is 145 Å². The summed E-state index contributed by atoms with van der Waals surface area (Å²) in [4.78, 5) is 27.4. The first-order valence-corrected chi connectivity index (χ1v) is 30.0. The van der Waals surface area contributed by atoms with E-state index in [9.17, 15) is 63.4 Å². The third kappa shape index (κ3) is 11.8. The van der Waals surface area contributed by atoms with Gasteiger partial charge in [-0.1, -0.05) is 57.9 Å². The molecule has 27 atom stereocenters. The number of methoxy groups -OCH3 is 1. The van der Waals surface area contributed by atoms with E-state index in [1.54, 1.807) is 6.92 Å². The van der Waals surface area contributed by atoms with Crippen LogP contribution in [0.5, 0.6) is 0 Å². The molecule has 0 bridgehead atoms. The molecular formula is C56H87NaO24S. The molecule has 4 heterocycles. The first-order valence-electron chi connectivity index (χ1n) is 28.7. The SMILES string of the molecule is CO[C@@H]1[C@@H](O)[C@H](O[C@@H]2[C@@H](O)[C@H](O[C@H]3[C@H](O)[C@@H](O)[C@H](O[C@H]4[C@H](O[C@H]5CC[C@]6(C)[C@@H]7CC[C@]89C(=O)O[C@@](C)(CCC=C(C)C)[C@H]8[C@@H](OC(C)=O)C[C@@]9(C)C7=CC[C@H]6C5(C)C)OC[C@@H](OS(=O)(=O)[O-])[C@@H]4O)C[C@@H]3C)OC[C@H]2O)O[C@H](CO)[C@H]1O.[Na+]. The van der Waals surface area contributed by atoms with Crippen LogP contribution in [0.1, 0.15) is 120 Å². The minimum Gasteiger partial charge on any atom is -0.726 e. The van der Waals surface area contributed by atoms with E-state index in [0.717, 1.165) is 5.57 Å². The van der Waals surface area contributed by atoms with E-state index in [-0.39, 0.29) is 65.1 Å². The van der Waals surface area contributed by atoms with Gasteiger partial charge < -0.3 is 92.8 Å². The maximum absolute atomic E-state index is 14.7. The summed E-state index contributed by atoms with van der Waals surface area (Å²) in [6, 6.07) is 0. The molecule has 0 radical (unpaired) electrons. The van der Waals surface area contributed by atoms with E-state index >= 15 is 0 Å². The number of aliphatic hydroxyl groups excluding tert-OH is 8. The van der Waals surface area contributed by atoms with Crippen LogP contribution >= 0.6 is 0 Å². The summed E-state index contributed by atoms with van der Waals surface area (Å²) in [5, 5.41) is 88.7. The van der Waals surface area contributed by atoms with Gasteiger partial charge in [-0.2, -0.15) is 0 Å². The van der Waals surface area contributed by atoms with Crippen molar-refractivity contribution in [3.8, 4) is 0 Å². The van der Waals surface area contributed by atoms with Crippen molar-refractivity contribution in [3.05, 3.63) is 23.3 Å². The fraction of sp³-hybridized carbons (Fsp3) is 0.893. The number of fused-ring (bicyclic) bond motifs is 4. The normalized spacial score (nSPS) is 48.9. The Bertz CT molecular complexity index is 2460. The second-order valence-electron chi connectivity index (χ2n) is 26.1. The molecule has 4 aliphatic heterocycles. The van der Waals surface area contributed by atoms with Crippen LogP contribution < -0.4 is 29.6 Å². The largest absolute Gasteiger partial charge is 1.00 e. The molecular weight excluding hydrogens is 1110 g/mol. The van der Waals surface area contributed by atoms with Crippen LogP contribution in [-0.4, -0.2) is 215 Å². The van der Waals surface area contributed by atoms with Gasteiger partial charge in [0, 0.05) is 19.4 Å². The van der Waals surface area contributed by atoms with Crippen LogP contribution in [0.25, 0.3) is 0 Å². The van der Waals surface area contributed by atoms with Crippen molar-refractivity contribution in [1.29, 1.82) is 0 Å². The molecule has 9 aliphatic rings. The van der Waals surface area contributed by atoms with E-state index in [4.69, 9.17) is 51.6 Å². The van der Waals surface area contributed by atoms with E-state index < -0.39 is 180 Å². The van der Waals surface area contributed by atoms with Gasteiger partial charge in [-0.25, -0.2) is 8.42 Å². The van der Waals surface area contributed by atoms with Gasteiger partial charge in [0.05, 0.1) is 49.5 Å². The van der Waals surface area contributed by atoms with Crippen LogP contribution in [0.4, 0.5) is 0 Å². The molecule has 82 heavy (non-hydrogen) atoms. The number of aliphatic hydroxyl groups is 8. The molecule has 1 spiro atoms. The van der Waals surface area contributed by atoms with Crippen molar-refractivity contribution in [3.63, 3.8) is 0 Å². The number of rotatable bonds is 16. The van der Waals surface area contributed by atoms with Crippen molar-refractivity contribution in [1.82, 2.24) is 0 Å². The van der Waals surface area contributed by atoms with Crippen molar-refractivity contribution in [2.75, 3.05) is 26.9 Å². The summed E-state index contributed by atoms with van der Waals surface area (Å²) < 4.78 is 101. The van der Waals surface area contributed by atoms with Crippen molar-refractivity contribution >= 4 is 22.3 Å². The fourth-order valence-corrected chi connectivity index (χ4v) is 17.2. The minimum absolute atomic E-state index is 0. The van der Waals surface area contributed by atoms with Gasteiger partial charge in [0.25, 0.3) is 0 Å². The summed E-state index contributed by atoms with van der Waals surface area (Å²) in [6.45, 7) is 16.1. The van der Waals surface area contributed by atoms with E-state index in [0.29, 0.717) is 51.4 Å². The van der Waals surface area contributed by atoms with Crippen LogP contribution in [0.3, 0.4) is 0 Å². The zero-order chi connectivity index (χ0) is 59.3. The van der Waals surface area contributed by atoms with E-state index in [1.165, 1.54) is 19.6 Å². The predicted octanol–water partition coefficient (Wildman–Crippen LogP) is -2.06. The van der Waals surface area contributed by atoms with Crippen LogP contribution in [-0.2, 0) is 71.5 Å². The molecule has 0 aromatic heterocycles. The molecule has 0 aromatic rings. The number of carbonyl (C=O) groups excluding carboxylic acids is 2. The maximum Gasteiger partial charge on any atom is 1.00 e. The third-order valence-corrected chi connectivity index (χ3v) is 21.1. The zero-order valence-corrected chi connectivity index (χ0v) is 51.8. The molecule has 0 amide bonds. The Morgan fingerprint density at radius 1 is 0.793 bits per heavy atom. The predicted molar refractivity (Wildman–Crippen MR) is 277 cm³/mol. The summed E-state index contributed by atoms with van der Waals surface area (Å²) in [5.74, 6) is -1.63. The maximum atomic E-state index is 14.7. The molecule has 0 unspecified atom stereocenters. The van der Waals surface area contributed by atoms with E-state index in [1.807, 2.05) is 20.8 Å². The number of allylic oxidation sites excluding steroid dienone is 4. The summed E-state index contributed by atoms with van der Waals surface area (Å²) >= 11 is 0. The number of cyclic esters (lactones) is 1. The van der Waals surface area contributed by atoms with Crippen molar-refractivity contribution in [2.24, 2.45) is 45.3 Å². The second kappa shape index (κ2) is 24.9. The van der Waals surface area contributed by atoms with Gasteiger partial charge >= 0.3 is 41.5 Å². The minimum atomic E-state index is -5.38. The molecule has 26 heteroatoms. The number of hydrogen-bond donors (Lipinski definition) is 8. The Balaban J connectivity index is 0.00000880. The Hall–Kier alpha value is -1.35. The number of carbonyl (C=O) groups is 2. The molecule has 9 rings (SSSR count). The Labute approximate surface area is 502 Å². The molecule has 462 valence electrons. The molecule has 0 aromatic carbocycles. The second-order valence-corrected chi connectivity index (χ2v) is 27.1. The summed E-state index contributed by atoms with van der Waals surface area (Å²) in [7, 11) is -4.16. The molecule has 8 fully saturated rings. The van der Waals surface area contributed by atoms with Crippen LogP contribution in [0, 0.1) is 45.3 Å². The summed E-state index contributed by atoms with van der Waals surface area (Å²) in [6.07, 6.45) is -18.2. The van der Waals surface area contributed by atoms with Gasteiger partial charge in [-0.3, -0.25) is 13.8 Å². The molecule has 5 aliphatic carbocycles. The van der Waals surface area contributed by atoms with Gasteiger partial charge in [0.2, 0.25) is 10.4 Å². The average Bonchev–Trinajstić information content (AvgIpc) is 1.52. The Kier molecular flexibility index (Phi) is 20.2. The standard InChI is InChI=1S/C56H88O24S.Na/c1-25(2)12-11-17-55(9)47-32(73-27(4)58)21-54(8)29-13-14-35-52(5,6)36(16-18-53(35,7)28(29)15-19-56(47,54)51(66)79-55)76-50-46(39(62)34(24-72-50)80-81(67,68)69)74-31-20-26(3)43(40(63)37(31)60)77-48-41(64)44(30(59)23-71-48)78-49-42(65)45(70-10)38(61)33(22-57)75-49;/h12-13,26,28,30-50,57,59-65H,11,14-24H2,1-10H3,(H,67,68,69);/q;+1/p-1/t26-,28+,30+,31+,32-,33+,34+,35-,36-,37-,38+,39-,40+,41+,42+,43+,44-,45-,46+,47+,48-,49-,50-,53+,54-,55-,56+;/m0./s1. The Morgan fingerprint density at radius 3 is 2.11 bits per heavy atom. The monoisotopic (exact) mass is 1200 g/mol. The first-order chi connectivity index (χ1) is 37.9. The molecule has 4 saturated carbocycles. The number of ether oxygens (including phenoxy) is 10.